The predicted molar refractivity (Wildman–Crippen MR) is 57.1 cm³/mol. The van der Waals surface area contributed by atoms with Crippen LogP contribution in [0.2, 0.25) is 0 Å². The Balaban J connectivity index is 1.76. The van der Waals surface area contributed by atoms with Crippen LogP contribution in [0.1, 0.15) is 32.6 Å². The molecular formula is C11H18N2O2. The molecule has 15 heavy (non-hydrogen) atoms. The SMILES string of the molecule is CC(C(=O)NOC1CCCC1)=C1CNC1. The lowest BCUT2D eigenvalue weighted by Gasteiger charge is -2.21. The van der Waals surface area contributed by atoms with Gasteiger partial charge in [-0.3, -0.25) is 9.63 Å². The van der Waals surface area contributed by atoms with Crippen LogP contribution in [0.3, 0.4) is 0 Å². The first kappa shape index (κ1) is 10.6. The molecular weight excluding hydrogens is 192 g/mol. The van der Waals surface area contributed by atoms with Crippen LogP contribution in [0, 0.1) is 0 Å². The van der Waals surface area contributed by atoms with E-state index in [9.17, 15) is 4.79 Å². The van der Waals surface area contributed by atoms with E-state index in [1.54, 1.807) is 0 Å². The summed E-state index contributed by atoms with van der Waals surface area (Å²) in [7, 11) is 0. The van der Waals surface area contributed by atoms with Crippen molar-refractivity contribution in [3.63, 3.8) is 0 Å². The van der Waals surface area contributed by atoms with Crippen LogP contribution in [-0.4, -0.2) is 25.1 Å². The van der Waals surface area contributed by atoms with E-state index in [-0.39, 0.29) is 12.0 Å². The maximum atomic E-state index is 11.6. The summed E-state index contributed by atoms with van der Waals surface area (Å²) >= 11 is 0. The van der Waals surface area contributed by atoms with E-state index < -0.39 is 0 Å². The summed E-state index contributed by atoms with van der Waals surface area (Å²) in [6.45, 7) is 3.52. The van der Waals surface area contributed by atoms with E-state index in [4.69, 9.17) is 4.84 Å². The summed E-state index contributed by atoms with van der Waals surface area (Å²) in [5.74, 6) is -0.0848. The Kier molecular flexibility index (Phi) is 3.38. The Labute approximate surface area is 90.0 Å². The number of hydrogen-bond acceptors (Lipinski definition) is 3. The molecule has 0 bridgehead atoms. The van der Waals surface area contributed by atoms with Crippen LogP contribution in [0.25, 0.3) is 0 Å². The fraction of sp³-hybridized carbons (Fsp3) is 0.727. The number of amides is 1. The van der Waals surface area contributed by atoms with Gasteiger partial charge in [0.1, 0.15) is 0 Å². The van der Waals surface area contributed by atoms with Crippen LogP contribution in [0.5, 0.6) is 0 Å². The second kappa shape index (κ2) is 4.77. The van der Waals surface area contributed by atoms with Gasteiger partial charge in [0.25, 0.3) is 5.91 Å². The monoisotopic (exact) mass is 210 g/mol. The minimum absolute atomic E-state index is 0.0848. The van der Waals surface area contributed by atoms with Crippen molar-refractivity contribution in [2.45, 2.75) is 38.7 Å². The van der Waals surface area contributed by atoms with E-state index in [0.717, 1.165) is 31.5 Å². The normalized spacial score (nSPS) is 21.3. The fourth-order valence-corrected chi connectivity index (χ4v) is 1.90. The number of rotatable bonds is 3. The van der Waals surface area contributed by atoms with Crippen LogP contribution in [0.15, 0.2) is 11.1 Å². The average molecular weight is 210 g/mol. The van der Waals surface area contributed by atoms with E-state index in [2.05, 4.69) is 10.8 Å². The van der Waals surface area contributed by atoms with Crippen molar-refractivity contribution < 1.29 is 9.63 Å². The molecule has 1 heterocycles. The zero-order valence-corrected chi connectivity index (χ0v) is 9.14. The van der Waals surface area contributed by atoms with Gasteiger partial charge in [0.05, 0.1) is 6.10 Å². The summed E-state index contributed by atoms with van der Waals surface area (Å²) in [4.78, 5) is 17.0. The van der Waals surface area contributed by atoms with Crippen molar-refractivity contribution in [1.29, 1.82) is 0 Å². The van der Waals surface area contributed by atoms with E-state index in [0.29, 0.717) is 0 Å². The van der Waals surface area contributed by atoms with E-state index in [1.165, 1.54) is 18.4 Å². The van der Waals surface area contributed by atoms with Crippen molar-refractivity contribution in [3.05, 3.63) is 11.1 Å². The van der Waals surface area contributed by atoms with Gasteiger partial charge in [-0.1, -0.05) is 12.8 Å². The predicted octanol–water partition coefficient (Wildman–Crippen LogP) is 0.896. The molecule has 1 saturated carbocycles. The molecule has 0 aromatic carbocycles. The molecule has 84 valence electrons. The van der Waals surface area contributed by atoms with Gasteiger partial charge in [-0.05, 0) is 25.3 Å². The topological polar surface area (TPSA) is 50.4 Å². The van der Waals surface area contributed by atoms with Crippen LogP contribution in [-0.2, 0) is 9.63 Å². The van der Waals surface area contributed by atoms with Gasteiger partial charge in [-0.15, -0.1) is 0 Å². The number of carbonyl (C=O) groups is 1. The van der Waals surface area contributed by atoms with Crippen molar-refractivity contribution in [2.75, 3.05) is 13.1 Å². The largest absolute Gasteiger partial charge is 0.309 e. The van der Waals surface area contributed by atoms with Gasteiger partial charge in [0.15, 0.2) is 0 Å². The molecule has 2 aliphatic rings. The second-order valence-electron chi connectivity index (χ2n) is 4.29. The molecule has 2 fully saturated rings. The van der Waals surface area contributed by atoms with Crippen LogP contribution >= 0.6 is 0 Å². The molecule has 1 aliphatic carbocycles. The Bertz CT molecular complexity index is 274. The second-order valence-corrected chi connectivity index (χ2v) is 4.29. The van der Waals surface area contributed by atoms with E-state index in [1.807, 2.05) is 6.92 Å². The molecule has 0 radical (unpaired) electrons. The molecule has 0 aromatic heterocycles. The summed E-state index contributed by atoms with van der Waals surface area (Å²) < 4.78 is 0. The van der Waals surface area contributed by atoms with Gasteiger partial charge in [-0.25, -0.2) is 5.48 Å². The standard InChI is InChI=1S/C11H18N2O2/c1-8(9-6-12-7-9)11(14)13-15-10-4-2-3-5-10/h10,12H,2-7H2,1H3,(H,13,14). The Morgan fingerprint density at radius 3 is 2.60 bits per heavy atom. The molecule has 0 unspecified atom stereocenters. The summed E-state index contributed by atoms with van der Waals surface area (Å²) in [5.41, 5.74) is 4.53. The van der Waals surface area contributed by atoms with Gasteiger partial charge in [0.2, 0.25) is 0 Å². The lowest BCUT2D eigenvalue weighted by molar-refractivity contribution is -0.134. The molecule has 4 heteroatoms. The van der Waals surface area contributed by atoms with Crippen LogP contribution in [0.4, 0.5) is 0 Å². The molecule has 0 spiro atoms. The maximum absolute atomic E-state index is 11.6. The third kappa shape index (κ3) is 2.58. The molecule has 1 saturated heterocycles. The number of carbonyl (C=O) groups excluding carboxylic acids is 1. The minimum Gasteiger partial charge on any atom is -0.309 e. The summed E-state index contributed by atoms with van der Waals surface area (Å²) in [6.07, 6.45) is 4.79. The molecule has 2 rings (SSSR count). The first-order valence-corrected chi connectivity index (χ1v) is 5.62. The van der Waals surface area contributed by atoms with Crippen molar-refractivity contribution >= 4 is 5.91 Å². The minimum atomic E-state index is -0.0848. The lowest BCUT2D eigenvalue weighted by Crippen LogP contribution is -2.38. The molecule has 0 atom stereocenters. The van der Waals surface area contributed by atoms with Gasteiger partial charge in [-0.2, -0.15) is 0 Å². The highest BCUT2D eigenvalue weighted by Gasteiger charge is 2.19. The molecule has 4 nitrogen and oxygen atoms in total. The molecule has 1 aliphatic heterocycles. The Hall–Kier alpha value is -0.870. The van der Waals surface area contributed by atoms with Crippen molar-refractivity contribution in [3.8, 4) is 0 Å². The maximum Gasteiger partial charge on any atom is 0.270 e. The van der Waals surface area contributed by atoms with Crippen molar-refractivity contribution in [2.24, 2.45) is 0 Å². The highest BCUT2D eigenvalue weighted by Crippen LogP contribution is 2.20. The van der Waals surface area contributed by atoms with Crippen LogP contribution < -0.4 is 10.8 Å². The van der Waals surface area contributed by atoms with Crippen molar-refractivity contribution in [1.82, 2.24) is 10.8 Å². The first-order chi connectivity index (χ1) is 7.27. The highest BCUT2D eigenvalue weighted by molar-refractivity contribution is 5.93. The fourth-order valence-electron chi connectivity index (χ4n) is 1.90. The first-order valence-electron chi connectivity index (χ1n) is 5.62. The molecule has 0 aromatic rings. The average Bonchev–Trinajstić information content (AvgIpc) is 2.63. The molecule has 2 N–H and O–H groups in total. The lowest BCUT2D eigenvalue weighted by atomic mass is 10.0. The molecule has 1 amide bonds. The van der Waals surface area contributed by atoms with Gasteiger partial charge in [0, 0.05) is 18.7 Å². The number of nitrogens with one attached hydrogen (secondary N) is 2. The number of hydrogen-bond donors (Lipinski definition) is 2. The highest BCUT2D eigenvalue weighted by atomic mass is 16.7. The Morgan fingerprint density at radius 1 is 1.40 bits per heavy atom. The smallest absolute Gasteiger partial charge is 0.270 e. The third-order valence-electron chi connectivity index (χ3n) is 3.17. The zero-order chi connectivity index (χ0) is 10.7. The quantitative estimate of drug-likeness (QED) is 0.537. The summed E-state index contributed by atoms with van der Waals surface area (Å²) in [5, 5.41) is 3.12. The third-order valence-corrected chi connectivity index (χ3v) is 3.17. The van der Waals surface area contributed by atoms with E-state index >= 15 is 0 Å². The zero-order valence-electron chi connectivity index (χ0n) is 9.14. The Morgan fingerprint density at radius 2 is 2.07 bits per heavy atom. The number of hydroxylamine groups is 1. The van der Waals surface area contributed by atoms with Gasteiger partial charge < -0.3 is 5.32 Å². The summed E-state index contributed by atoms with van der Waals surface area (Å²) in [6, 6.07) is 0. The van der Waals surface area contributed by atoms with Gasteiger partial charge >= 0.3 is 0 Å².